The third-order valence-electron chi connectivity index (χ3n) is 1.42. The summed E-state index contributed by atoms with van der Waals surface area (Å²) in [5.41, 5.74) is 0. The van der Waals surface area contributed by atoms with Crippen LogP contribution in [-0.2, 0) is 0 Å². The minimum Gasteiger partial charge on any atom is -0.269 e. The Bertz CT molecular complexity index is 105. The summed E-state index contributed by atoms with van der Waals surface area (Å²) < 4.78 is 24.7. The molecule has 9 heavy (non-hydrogen) atoms. The first kappa shape index (κ1) is 6.89. The van der Waals surface area contributed by atoms with Gasteiger partial charge >= 0.3 is 0 Å². The SMILES string of the molecule is NN1CCCC(F)(F)C1. The lowest BCUT2D eigenvalue weighted by Crippen LogP contribution is -2.46. The Morgan fingerprint density at radius 1 is 1.44 bits per heavy atom. The second-order valence-corrected chi connectivity index (χ2v) is 2.43. The van der Waals surface area contributed by atoms with Crippen LogP contribution in [0.5, 0.6) is 0 Å². The van der Waals surface area contributed by atoms with Crippen LogP contribution in [0.25, 0.3) is 0 Å². The van der Waals surface area contributed by atoms with Crippen LogP contribution >= 0.6 is 0 Å². The van der Waals surface area contributed by atoms with E-state index >= 15 is 0 Å². The second-order valence-electron chi connectivity index (χ2n) is 2.43. The van der Waals surface area contributed by atoms with Gasteiger partial charge in [0, 0.05) is 13.0 Å². The van der Waals surface area contributed by atoms with E-state index in [1.807, 2.05) is 0 Å². The van der Waals surface area contributed by atoms with Crippen molar-refractivity contribution >= 4 is 0 Å². The number of nitrogens with two attached hydrogens (primary N) is 1. The second kappa shape index (κ2) is 2.19. The number of alkyl halides is 2. The summed E-state index contributed by atoms with van der Waals surface area (Å²) >= 11 is 0. The van der Waals surface area contributed by atoms with Crippen molar-refractivity contribution in [3.05, 3.63) is 0 Å². The Balaban J connectivity index is 2.41. The minimum absolute atomic E-state index is 0.0132. The molecule has 0 aromatic rings. The average Bonchev–Trinajstić information content (AvgIpc) is 1.60. The Labute approximate surface area is 52.6 Å². The van der Waals surface area contributed by atoms with Crippen molar-refractivity contribution in [1.29, 1.82) is 0 Å². The number of halogens is 2. The van der Waals surface area contributed by atoms with Crippen LogP contribution in [0.2, 0.25) is 0 Å². The fourth-order valence-electron chi connectivity index (χ4n) is 0.996. The van der Waals surface area contributed by atoms with Crippen LogP contribution in [0.3, 0.4) is 0 Å². The van der Waals surface area contributed by atoms with E-state index in [0.29, 0.717) is 13.0 Å². The molecule has 1 heterocycles. The quantitative estimate of drug-likeness (QED) is 0.494. The fourth-order valence-corrected chi connectivity index (χ4v) is 0.996. The highest BCUT2D eigenvalue weighted by Gasteiger charge is 2.33. The van der Waals surface area contributed by atoms with E-state index in [-0.39, 0.29) is 13.0 Å². The summed E-state index contributed by atoms with van der Waals surface area (Å²) in [6.45, 7) is 0.308. The molecular formula is C5H10F2N2. The number of hydrazine groups is 1. The molecule has 0 aromatic carbocycles. The van der Waals surface area contributed by atoms with E-state index in [9.17, 15) is 8.78 Å². The predicted octanol–water partition coefficient (Wildman–Crippen LogP) is 0.591. The molecule has 2 nitrogen and oxygen atoms in total. The van der Waals surface area contributed by atoms with Crippen LogP contribution in [0.4, 0.5) is 8.78 Å². The van der Waals surface area contributed by atoms with Gasteiger partial charge in [0.05, 0.1) is 6.54 Å². The Morgan fingerprint density at radius 2 is 2.11 bits per heavy atom. The first-order valence-electron chi connectivity index (χ1n) is 2.98. The molecule has 0 bridgehead atoms. The van der Waals surface area contributed by atoms with Crippen LogP contribution in [0, 0.1) is 0 Å². The van der Waals surface area contributed by atoms with Crippen molar-refractivity contribution in [1.82, 2.24) is 5.01 Å². The van der Waals surface area contributed by atoms with E-state index in [1.54, 1.807) is 0 Å². The molecule has 1 aliphatic heterocycles. The zero-order valence-corrected chi connectivity index (χ0v) is 5.11. The highest BCUT2D eigenvalue weighted by molar-refractivity contribution is 4.75. The van der Waals surface area contributed by atoms with Crippen LogP contribution in [-0.4, -0.2) is 24.0 Å². The van der Waals surface area contributed by atoms with Gasteiger partial charge in [0.1, 0.15) is 0 Å². The van der Waals surface area contributed by atoms with Gasteiger partial charge in [-0.15, -0.1) is 0 Å². The summed E-state index contributed by atoms with van der Waals surface area (Å²) in [6.07, 6.45) is 0.490. The third-order valence-corrected chi connectivity index (χ3v) is 1.42. The highest BCUT2D eigenvalue weighted by atomic mass is 19.3. The lowest BCUT2D eigenvalue weighted by Gasteiger charge is -2.28. The normalized spacial score (nSPS) is 28.3. The summed E-state index contributed by atoms with van der Waals surface area (Å²) in [5.74, 6) is 2.62. The fraction of sp³-hybridized carbons (Fsp3) is 1.00. The molecular weight excluding hydrogens is 126 g/mol. The standard InChI is InChI=1S/C5H10F2N2/c6-5(7)2-1-3-9(8)4-5/h1-4,8H2. The molecule has 0 atom stereocenters. The number of piperidine rings is 1. The molecule has 1 aliphatic rings. The van der Waals surface area contributed by atoms with Crippen molar-refractivity contribution in [2.75, 3.05) is 13.1 Å². The van der Waals surface area contributed by atoms with Gasteiger partial charge in [-0.05, 0) is 6.42 Å². The lowest BCUT2D eigenvalue weighted by molar-refractivity contribution is -0.0642. The Kier molecular flexibility index (Phi) is 1.68. The Hall–Kier alpha value is -0.220. The largest absolute Gasteiger partial charge is 0.269 e. The molecule has 0 radical (unpaired) electrons. The van der Waals surface area contributed by atoms with Gasteiger partial charge in [0.25, 0.3) is 5.92 Å². The van der Waals surface area contributed by atoms with Gasteiger partial charge in [-0.25, -0.2) is 13.8 Å². The first-order chi connectivity index (χ1) is 4.10. The maximum Gasteiger partial charge on any atom is 0.262 e. The highest BCUT2D eigenvalue weighted by Crippen LogP contribution is 2.24. The molecule has 4 heteroatoms. The summed E-state index contributed by atoms with van der Waals surface area (Å²) in [5, 5.41) is 1.17. The van der Waals surface area contributed by atoms with Gasteiger partial charge in [-0.2, -0.15) is 0 Å². The van der Waals surface area contributed by atoms with Crippen molar-refractivity contribution in [2.24, 2.45) is 5.84 Å². The molecule has 2 N–H and O–H groups in total. The average molecular weight is 136 g/mol. The van der Waals surface area contributed by atoms with Crippen LogP contribution in [0.15, 0.2) is 0 Å². The molecule has 0 saturated carbocycles. The first-order valence-corrected chi connectivity index (χ1v) is 2.98. The molecule has 0 aliphatic carbocycles. The molecule has 0 aromatic heterocycles. The van der Waals surface area contributed by atoms with Gasteiger partial charge < -0.3 is 0 Å². The van der Waals surface area contributed by atoms with Gasteiger partial charge in [-0.1, -0.05) is 0 Å². The maximum atomic E-state index is 12.3. The van der Waals surface area contributed by atoms with E-state index < -0.39 is 5.92 Å². The molecule has 1 saturated heterocycles. The zero-order chi connectivity index (χ0) is 6.91. The third kappa shape index (κ3) is 1.87. The van der Waals surface area contributed by atoms with Crippen molar-refractivity contribution in [2.45, 2.75) is 18.8 Å². The molecule has 1 rings (SSSR count). The van der Waals surface area contributed by atoms with Crippen molar-refractivity contribution in [3.8, 4) is 0 Å². The number of nitrogens with zero attached hydrogens (tertiary/aromatic N) is 1. The number of rotatable bonds is 0. The predicted molar refractivity (Wildman–Crippen MR) is 29.9 cm³/mol. The van der Waals surface area contributed by atoms with Gasteiger partial charge in [0.2, 0.25) is 0 Å². The van der Waals surface area contributed by atoms with E-state index in [2.05, 4.69) is 0 Å². The van der Waals surface area contributed by atoms with E-state index in [0.717, 1.165) is 0 Å². The van der Waals surface area contributed by atoms with E-state index in [1.165, 1.54) is 5.01 Å². The van der Waals surface area contributed by atoms with Gasteiger partial charge in [0.15, 0.2) is 0 Å². The van der Waals surface area contributed by atoms with Crippen LogP contribution in [0.1, 0.15) is 12.8 Å². The smallest absolute Gasteiger partial charge is 0.262 e. The monoisotopic (exact) mass is 136 g/mol. The number of hydrogen-bond acceptors (Lipinski definition) is 2. The molecule has 1 fully saturated rings. The summed E-state index contributed by atoms with van der Waals surface area (Å²) in [4.78, 5) is 0. The zero-order valence-electron chi connectivity index (χ0n) is 5.11. The summed E-state index contributed by atoms with van der Waals surface area (Å²) in [7, 11) is 0. The van der Waals surface area contributed by atoms with E-state index in [4.69, 9.17) is 5.84 Å². The molecule has 0 unspecified atom stereocenters. The molecule has 0 spiro atoms. The van der Waals surface area contributed by atoms with Gasteiger partial charge in [-0.3, -0.25) is 5.84 Å². The number of hydrogen-bond donors (Lipinski definition) is 1. The summed E-state index contributed by atoms with van der Waals surface area (Å²) in [6, 6.07) is 0. The maximum absolute atomic E-state index is 12.3. The molecule has 0 amide bonds. The van der Waals surface area contributed by atoms with Crippen molar-refractivity contribution in [3.63, 3.8) is 0 Å². The van der Waals surface area contributed by atoms with Crippen LogP contribution < -0.4 is 5.84 Å². The minimum atomic E-state index is -2.55. The lowest BCUT2D eigenvalue weighted by atomic mass is 10.1. The van der Waals surface area contributed by atoms with Crippen molar-refractivity contribution < 1.29 is 8.78 Å². The molecule has 54 valence electrons. The topological polar surface area (TPSA) is 29.3 Å². The Morgan fingerprint density at radius 3 is 2.44 bits per heavy atom.